The molecule has 33 heavy (non-hydrogen) atoms. The minimum absolute atomic E-state index is 0.112. The van der Waals surface area contributed by atoms with Gasteiger partial charge in [0.15, 0.2) is 0 Å². The summed E-state index contributed by atoms with van der Waals surface area (Å²) in [5.41, 5.74) is 4.47. The third-order valence-corrected chi connectivity index (χ3v) is 6.84. The van der Waals surface area contributed by atoms with E-state index in [0.29, 0.717) is 17.8 Å². The van der Waals surface area contributed by atoms with Gasteiger partial charge in [-0.1, -0.05) is 44.2 Å². The molecule has 172 valence electrons. The molecular formula is C28H34N4O. The largest absolute Gasteiger partial charge is 0.355 e. The molecule has 0 unspecified atom stereocenters. The molecule has 2 heterocycles. The van der Waals surface area contributed by atoms with Crippen LogP contribution in [0.4, 0.5) is 0 Å². The van der Waals surface area contributed by atoms with Crippen LogP contribution < -0.4 is 5.32 Å². The fraction of sp³-hybridized carbons (Fsp3) is 0.429. The summed E-state index contributed by atoms with van der Waals surface area (Å²) >= 11 is 0. The van der Waals surface area contributed by atoms with Gasteiger partial charge in [-0.3, -0.25) is 9.78 Å². The van der Waals surface area contributed by atoms with E-state index < -0.39 is 0 Å². The van der Waals surface area contributed by atoms with Gasteiger partial charge >= 0.3 is 0 Å². The summed E-state index contributed by atoms with van der Waals surface area (Å²) in [5.74, 6) is 2.13. The smallest absolute Gasteiger partial charge is 0.227 e. The second kappa shape index (κ2) is 10.7. The van der Waals surface area contributed by atoms with Crippen LogP contribution in [0.15, 0.2) is 61.1 Å². The zero-order valence-corrected chi connectivity index (χ0v) is 19.9. The highest BCUT2D eigenvalue weighted by Gasteiger charge is 2.27. The van der Waals surface area contributed by atoms with E-state index in [0.717, 1.165) is 54.7 Å². The van der Waals surface area contributed by atoms with E-state index in [-0.39, 0.29) is 11.8 Å². The van der Waals surface area contributed by atoms with Crippen molar-refractivity contribution in [3.8, 4) is 11.1 Å². The molecule has 1 atom stereocenters. The second-order valence-electron chi connectivity index (χ2n) is 9.51. The van der Waals surface area contributed by atoms with Crippen molar-refractivity contribution in [2.75, 3.05) is 6.54 Å². The first kappa shape index (κ1) is 23.1. The average Bonchev–Trinajstić information content (AvgIpc) is 2.87. The van der Waals surface area contributed by atoms with Gasteiger partial charge in [0.2, 0.25) is 5.91 Å². The predicted octanol–water partition coefficient (Wildman–Crippen LogP) is 5.86. The Morgan fingerprint density at radius 1 is 1.00 bits per heavy atom. The van der Waals surface area contributed by atoms with Gasteiger partial charge in [-0.2, -0.15) is 0 Å². The van der Waals surface area contributed by atoms with E-state index in [1.807, 2.05) is 68.0 Å². The maximum atomic E-state index is 12.6. The minimum Gasteiger partial charge on any atom is -0.355 e. The van der Waals surface area contributed by atoms with Crippen molar-refractivity contribution < 1.29 is 4.79 Å². The first-order chi connectivity index (χ1) is 16.0. The number of pyridine rings is 1. The predicted molar refractivity (Wildman–Crippen MR) is 132 cm³/mol. The van der Waals surface area contributed by atoms with Crippen LogP contribution in [0.3, 0.4) is 0 Å². The molecule has 5 heteroatoms. The van der Waals surface area contributed by atoms with Gasteiger partial charge in [-0.25, -0.2) is 9.97 Å². The van der Waals surface area contributed by atoms with Gasteiger partial charge in [0.25, 0.3) is 0 Å². The highest BCUT2D eigenvalue weighted by Crippen LogP contribution is 2.39. The number of hydrogen-bond donors (Lipinski definition) is 1. The molecule has 1 aromatic carbocycles. The lowest BCUT2D eigenvalue weighted by Crippen LogP contribution is -2.33. The molecular weight excluding hydrogens is 408 g/mol. The van der Waals surface area contributed by atoms with Gasteiger partial charge < -0.3 is 5.32 Å². The third-order valence-electron chi connectivity index (χ3n) is 6.84. The topological polar surface area (TPSA) is 67.8 Å². The Hall–Kier alpha value is -3.08. The van der Waals surface area contributed by atoms with Crippen LogP contribution in [-0.2, 0) is 4.79 Å². The minimum atomic E-state index is -0.124. The molecule has 1 N–H and O–H groups in total. The van der Waals surface area contributed by atoms with Crippen LogP contribution in [-0.4, -0.2) is 27.4 Å². The van der Waals surface area contributed by atoms with Crippen LogP contribution in [0.1, 0.15) is 81.3 Å². The maximum absolute atomic E-state index is 12.6. The number of nitrogens with zero attached hydrogens (tertiary/aromatic N) is 3. The molecule has 1 aliphatic rings. The number of carbonyl (C=O) groups excluding carboxylic acids is 1. The number of rotatable bonds is 7. The van der Waals surface area contributed by atoms with Gasteiger partial charge in [0, 0.05) is 42.5 Å². The molecule has 3 aromatic rings. The van der Waals surface area contributed by atoms with Crippen molar-refractivity contribution >= 4 is 5.91 Å². The number of nitrogens with one attached hydrogen (secondary N) is 1. The highest BCUT2D eigenvalue weighted by molar-refractivity contribution is 5.83. The summed E-state index contributed by atoms with van der Waals surface area (Å²) in [4.78, 5) is 26.5. The molecule has 1 fully saturated rings. The molecule has 1 amide bonds. The van der Waals surface area contributed by atoms with Crippen molar-refractivity contribution in [1.82, 2.24) is 20.3 Å². The number of amides is 1. The quantitative estimate of drug-likeness (QED) is 0.498. The summed E-state index contributed by atoms with van der Waals surface area (Å²) in [7, 11) is 0. The lowest BCUT2D eigenvalue weighted by Gasteiger charge is -2.30. The van der Waals surface area contributed by atoms with Crippen LogP contribution in [0, 0.1) is 5.92 Å². The summed E-state index contributed by atoms with van der Waals surface area (Å²) < 4.78 is 0. The zero-order chi connectivity index (χ0) is 23.2. The molecule has 1 aliphatic carbocycles. The lowest BCUT2D eigenvalue weighted by atomic mass is 9.79. The Labute approximate surface area is 197 Å². The lowest BCUT2D eigenvalue weighted by molar-refractivity contribution is -0.122. The van der Waals surface area contributed by atoms with E-state index in [1.54, 1.807) is 0 Å². The van der Waals surface area contributed by atoms with Crippen molar-refractivity contribution in [1.29, 1.82) is 0 Å². The van der Waals surface area contributed by atoms with Crippen molar-refractivity contribution in [3.05, 3.63) is 78.1 Å². The van der Waals surface area contributed by atoms with E-state index in [4.69, 9.17) is 4.98 Å². The zero-order valence-electron chi connectivity index (χ0n) is 19.9. The molecule has 2 aromatic heterocycles. The van der Waals surface area contributed by atoms with Gasteiger partial charge in [0.05, 0.1) is 11.6 Å². The standard InChI is InChI=1S/C28H34N4O/c1-19(2)27-30-18-25(23-13-15-29-16-14-23)26(32-27)24-11-9-21(10-12-24)17-31-28(33)20(3)22-7-5-4-6-8-22/h4-8,13-16,18-21,24H,9-12,17H2,1-3H3,(H,31,33)/t20-,21?,24?/m0/s1. The van der Waals surface area contributed by atoms with Crippen LogP contribution in [0.2, 0.25) is 0 Å². The van der Waals surface area contributed by atoms with Gasteiger partial charge in [-0.05, 0) is 61.8 Å². The van der Waals surface area contributed by atoms with Gasteiger partial charge in [-0.15, -0.1) is 0 Å². The third kappa shape index (κ3) is 5.65. The SMILES string of the molecule is CC(C)c1ncc(-c2ccncc2)c(C2CCC(CNC(=O)[C@@H](C)c3ccccc3)CC2)n1. The summed E-state index contributed by atoms with van der Waals surface area (Å²) in [6, 6.07) is 14.1. The van der Waals surface area contributed by atoms with E-state index in [1.165, 1.54) is 5.69 Å². The normalized spacial score (nSPS) is 19.3. The highest BCUT2D eigenvalue weighted by atomic mass is 16.1. The number of hydrogen-bond acceptors (Lipinski definition) is 4. The molecule has 0 saturated heterocycles. The van der Waals surface area contributed by atoms with Crippen molar-refractivity contribution in [2.45, 2.75) is 64.2 Å². The fourth-order valence-corrected chi connectivity index (χ4v) is 4.68. The molecule has 0 radical (unpaired) electrons. The maximum Gasteiger partial charge on any atom is 0.227 e. The summed E-state index contributed by atoms with van der Waals surface area (Å²) in [5, 5.41) is 3.20. The number of benzene rings is 1. The first-order valence-corrected chi connectivity index (χ1v) is 12.1. The second-order valence-corrected chi connectivity index (χ2v) is 9.51. The molecule has 4 rings (SSSR count). The fourth-order valence-electron chi connectivity index (χ4n) is 4.68. The Morgan fingerprint density at radius 3 is 2.36 bits per heavy atom. The Kier molecular flexibility index (Phi) is 7.48. The van der Waals surface area contributed by atoms with Crippen LogP contribution in [0.25, 0.3) is 11.1 Å². The van der Waals surface area contributed by atoms with Crippen molar-refractivity contribution in [3.63, 3.8) is 0 Å². The monoisotopic (exact) mass is 442 g/mol. The van der Waals surface area contributed by atoms with E-state index in [2.05, 4.69) is 29.1 Å². The Bertz CT molecular complexity index is 1040. The Morgan fingerprint density at radius 2 is 1.70 bits per heavy atom. The van der Waals surface area contributed by atoms with Crippen LogP contribution >= 0.6 is 0 Å². The molecule has 1 saturated carbocycles. The summed E-state index contributed by atoms with van der Waals surface area (Å²) in [6.45, 7) is 7.01. The molecule has 0 aliphatic heterocycles. The average molecular weight is 443 g/mol. The van der Waals surface area contributed by atoms with Crippen LogP contribution in [0.5, 0.6) is 0 Å². The molecule has 0 spiro atoms. The Balaban J connectivity index is 1.39. The molecule has 5 nitrogen and oxygen atoms in total. The van der Waals surface area contributed by atoms with Crippen molar-refractivity contribution in [2.24, 2.45) is 5.92 Å². The van der Waals surface area contributed by atoms with E-state index >= 15 is 0 Å². The number of carbonyl (C=O) groups is 1. The first-order valence-electron chi connectivity index (χ1n) is 12.1. The summed E-state index contributed by atoms with van der Waals surface area (Å²) in [6.07, 6.45) is 10.0. The molecule has 0 bridgehead atoms. The number of aromatic nitrogens is 3. The van der Waals surface area contributed by atoms with Gasteiger partial charge in [0.1, 0.15) is 5.82 Å². The van der Waals surface area contributed by atoms with E-state index in [9.17, 15) is 4.79 Å².